The summed E-state index contributed by atoms with van der Waals surface area (Å²) in [4.78, 5) is 41.5. The van der Waals surface area contributed by atoms with Crippen molar-refractivity contribution >= 4 is 17.4 Å². The maximum Gasteiger partial charge on any atom is 0.330 e. The molecule has 0 aliphatic heterocycles. The van der Waals surface area contributed by atoms with Crippen LogP contribution in [0.2, 0.25) is 0 Å². The average molecular weight is 402 g/mol. The molecule has 8 heteroatoms. The number of nitrogens with one attached hydrogen (secondary N) is 1. The Bertz CT molecular complexity index is 968. The summed E-state index contributed by atoms with van der Waals surface area (Å²) < 4.78 is 6.38. The predicted octanol–water partition coefficient (Wildman–Crippen LogP) is 2.12. The number of H-pyrrole nitrogens is 1. The minimum atomic E-state index is -0.699. The van der Waals surface area contributed by atoms with Crippen LogP contribution in [0.5, 0.6) is 0 Å². The first kappa shape index (κ1) is 22.4. The van der Waals surface area contributed by atoms with Crippen LogP contribution in [0, 0.1) is 0 Å². The van der Waals surface area contributed by atoms with E-state index in [1.165, 1.54) is 16.6 Å². The lowest BCUT2D eigenvalue weighted by Gasteiger charge is -2.25. The largest absolute Gasteiger partial charge is 0.383 e. The minimum absolute atomic E-state index is 0.0311. The molecule has 0 saturated carbocycles. The lowest BCUT2D eigenvalue weighted by atomic mass is 9.86. The summed E-state index contributed by atoms with van der Waals surface area (Å²) >= 11 is 0. The first-order valence-corrected chi connectivity index (χ1v) is 9.65. The van der Waals surface area contributed by atoms with E-state index in [0.29, 0.717) is 18.5 Å². The van der Waals surface area contributed by atoms with Crippen LogP contribution in [0.1, 0.15) is 50.0 Å². The number of anilines is 2. The SMILES string of the molecule is CCCn1c(N)c(N(CCOC)C(=O)c2ccc(C(C)(C)C)cc2)c(=O)[nH]c1=O. The Hall–Kier alpha value is -2.87. The molecule has 0 aliphatic carbocycles. The maximum atomic E-state index is 13.2. The number of nitrogens with two attached hydrogens (primary N) is 1. The number of hydrogen-bond acceptors (Lipinski definition) is 5. The van der Waals surface area contributed by atoms with Gasteiger partial charge in [-0.25, -0.2) is 4.79 Å². The maximum absolute atomic E-state index is 13.2. The molecular formula is C21H30N4O4. The van der Waals surface area contributed by atoms with Crippen LogP contribution in [0.3, 0.4) is 0 Å². The predicted molar refractivity (Wildman–Crippen MR) is 115 cm³/mol. The van der Waals surface area contributed by atoms with Crippen molar-refractivity contribution in [3.05, 3.63) is 56.2 Å². The number of nitrogens with zero attached hydrogens (tertiary/aromatic N) is 2. The van der Waals surface area contributed by atoms with Crippen LogP contribution in [-0.4, -0.2) is 35.7 Å². The molecule has 0 bridgehead atoms. The van der Waals surface area contributed by atoms with Gasteiger partial charge in [-0.2, -0.15) is 0 Å². The van der Waals surface area contributed by atoms with Crippen LogP contribution in [0.25, 0.3) is 0 Å². The lowest BCUT2D eigenvalue weighted by molar-refractivity contribution is 0.0975. The Morgan fingerprint density at radius 1 is 1.21 bits per heavy atom. The Morgan fingerprint density at radius 2 is 1.83 bits per heavy atom. The van der Waals surface area contributed by atoms with Gasteiger partial charge in [0.15, 0.2) is 5.69 Å². The molecule has 158 valence electrons. The summed E-state index contributed by atoms with van der Waals surface area (Å²) in [6.07, 6.45) is 0.649. The van der Waals surface area contributed by atoms with Crippen molar-refractivity contribution in [1.82, 2.24) is 9.55 Å². The monoisotopic (exact) mass is 402 g/mol. The fraction of sp³-hybridized carbons (Fsp3) is 0.476. The fourth-order valence-corrected chi connectivity index (χ4v) is 3.05. The van der Waals surface area contributed by atoms with Gasteiger partial charge in [-0.15, -0.1) is 0 Å². The van der Waals surface area contributed by atoms with Crippen molar-refractivity contribution in [3.63, 3.8) is 0 Å². The number of methoxy groups -OCH3 is 1. The summed E-state index contributed by atoms with van der Waals surface area (Å²) in [5, 5.41) is 0. The van der Waals surface area contributed by atoms with E-state index in [0.717, 1.165) is 5.56 Å². The van der Waals surface area contributed by atoms with Crippen molar-refractivity contribution < 1.29 is 9.53 Å². The summed E-state index contributed by atoms with van der Waals surface area (Å²) in [7, 11) is 1.51. The highest BCUT2D eigenvalue weighted by Gasteiger charge is 2.25. The molecule has 1 amide bonds. The van der Waals surface area contributed by atoms with Gasteiger partial charge in [0.1, 0.15) is 5.82 Å². The van der Waals surface area contributed by atoms with Gasteiger partial charge in [0, 0.05) is 25.8 Å². The zero-order chi connectivity index (χ0) is 21.8. The van der Waals surface area contributed by atoms with Crippen LogP contribution in [0.4, 0.5) is 11.5 Å². The molecule has 29 heavy (non-hydrogen) atoms. The number of aromatic nitrogens is 2. The van der Waals surface area contributed by atoms with Gasteiger partial charge in [-0.05, 0) is 29.5 Å². The summed E-state index contributed by atoms with van der Waals surface area (Å²) in [6, 6.07) is 7.25. The zero-order valence-electron chi connectivity index (χ0n) is 17.7. The van der Waals surface area contributed by atoms with Crippen LogP contribution < -0.4 is 21.9 Å². The molecule has 8 nitrogen and oxygen atoms in total. The zero-order valence-corrected chi connectivity index (χ0v) is 17.7. The molecule has 0 unspecified atom stereocenters. The lowest BCUT2D eigenvalue weighted by Crippen LogP contribution is -2.42. The van der Waals surface area contributed by atoms with E-state index in [-0.39, 0.29) is 36.0 Å². The van der Waals surface area contributed by atoms with Gasteiger partial charge in [0.05, 0.1) is 6.61 Å². The van der Waals surface area contributed by atoms with E-state index in [1.54, 1.807) is 12.1 Å². The summed E-state index contributed by atoms with van der Waals surface area (Å²) in [5.74, 6) is -0.419. The molecule has 1 aromatic heterocycles. The Kier molecular flexibility index (Phi) is 7.02. The quantitative estimate of drug-likeness (QED) is 0.737. The van der Waals surface area contributed by atoms with Crippen LogP contribution in [0.15, 0.2) is 33.9 Å². The molecule has 0 atom stereocenters. The smallest absolute Gasteiger partial charge is 0.330 e. The van der Waals surface area contributed by atoms with Gasteiger partial charge in [0.25, 0.3) is 11.5 Å². The van der Waals surface area contributed by atoms with Gasteiger partial charge in [-0.1, -0.05) is 39.8 Å². The first-order valence-electron chi connectivity index (χ1n) is 9.65. The highest BCUT2D eigenvalue weighted by atomic mass is 16.5. The number of carbonyl (C=O) groups excluding carboxylic acids is 1. The number of benzene rings is 1. The Balaban J connectivity index is 2.55. The molecule has 2 rings (SSSR count). The Morgan fingerprint density at radius 3 is 2.34 bits per heavy atom. The standard InChI is InChI=1S/C21H30N4O4/c1-6-11-25-17(22)16(18(26)23-20(25)28)24(12-13-29-5)19(27)14-7-9-15(10-8-14)21(2,3)4/h7-10H,6,11-13,22H2,1-5H3,(H,23,26,28). The number of carbonyl (C=O) groups is 1. The van der Waals surface area contributed by atoms with Gasteiger partial charge < -0.3 is 10.5 Å². The van der Waals surface area contributed by atoms with E-state index < -0.39 is 11.2 Å². The topological polar surface area (TPSA) is 110 Å². The first-order chi connectivity index (χ1) is 13.6. The van der Waals surface area contributed by atoms with E-state index in [2.05, 4.69) is 25.8 Å². The summed E-state index contributed by atoms with van der Waals surface area (Å²) in [6.45, 7) is 8.82. The molecule has 0 spiro atoms. The minimum Gasteiger partial charge on any atom is -0.383 e. The van der Waals surface area contributed by atoms with Crippen LogP contribution in [-0.2, 0) is 16.7 Å². The van der Waals surface area contributed by atoms with Crippen molar-refractivity contribution in [3.8, 4) is 0 Å². The number of nitrogen functional groups attached to an aromatic ring is 1. The molecular weight excluding hydrogens is 372 g/mol. The van der Waals surface area contributed by atoms with E-state index in [1.807, 2.05) is 19.1 Å². The molecule has 1 aromatic carbocycles. The second kappa shape index (κ2) is 9.09. The number of amides is 1. The van der Waals surface area contributed by atoms with E-state index >= 15 is 0 Å². The molecule has 0 aliphatic rings. The van der Waals surface area contributed by atoms with Crippen molar-refractivity contribution in [1.29, 1.82) is 0 Å². The third kappa shape index (κ3) is 4.95. The number of hydrogen-bond donors (Lipinski definition) is 2. The molecule has 2 aromatic rings. The average Bonchev–Trinajstić information content (AvgIpc) is 2.66. The molecule has 1 heterocycles. The van der Waals surface area contributed by atoms with Crippen molar-refractivity contribution in [2.24, 2.45) is 0 Å². The Labute approximate surface area is 170 Å². The van der Waals surface area contributed by atoms with E-state index in [9.17, 15) is 14.4 Å². The van der Waals surface area contributed by atoms with Crippen LogP contribution >= 0.6 is 0 Å². The number of rotatable bonds is 7. The third-order valence-corrected chi connectivity index (χ3v) is 4.69. The van der Waals surface area contributed by atoms with E-state index in [4.69, 9.17) is 10.5 Å². The van der Waals surface area contributed by atoms with Gasteiger partial charge >= 0.3 is 5.69 Å². The van der Waals surface area contributed by atoms with Gasteiger partial charge in [-0.3, -0.25) is 24.0 Å². The number of ether oxygens (including phenoxy) is 1. The second-order valence-electron chi connectivity index (χ2n) is 7.92. The number of aromatic amines is 1. The highest BCUT2D eigenvalue weighted by Crippen LogP contribution is 2.24. The molecule has 0 radical (unpaired) electrons. The second-order valence-corrected chi connectivity index (χ2v) is 7.92. The third-order valence-electron chi connectivity index (χ3n) is 4.69. The van der Waals surface area contributed by atoms with Crippen molar-refractivity contribution in [2.75, 3.05) is 30.9 Å². The normalized spacial score (nSPS) is 11.5. The molecule has 3 N–H and O–H groups in total. The summed E-state index contributed by atoms with van der Waals surface area (Å²) in [5.41, 5.74) is 6.28. The molecule has 0 fully saturated rings. The van der Waals surface area contributed by atoms with Crippen molar-refractivity contribution in [2.45, 2.75) is 46.1 Å². The highest BCUT2D eigenvalue weighted by molar-refractivity contribution is 6.07. The fourth-order valence-electron chi connectivity index (χ4n) is 3.05. The molecule has 0 saturated heterocycles. The van der Waals surface area contributed by atoms with Gasteiger partial charge in [0.2, 0.25) is 0 Å².